The minimum atomic E-state index is -0.947. The van der Waals surface area contributed by atoms with Gasteiger partial charge in [0.05, 0.1) is 10.5 Å². The van der Waals surface area contributed by atoms with E-state index in [1.807, 2.05) is 13.8 Å². The number of anilines is 2. The number of nitro groups is 1. The van der Waals surface area contributed by atoms with Crippen molar-refractivity contribution in [1.82, 2.24) is 9.97 Å². The lowest BCUT2D eigenvalue weighted by Gasteiger charge is -2.21. The van der Waals surface area contributed by atoms with Crippen LogP contribution in [0.4, 0.5) is 17.5 Å². The van der Waals surface area contributed by atoms with Crippen molar-refractivity contribution in [3.63, 3.8) is 0 Å². The molecular formula is C11H19N5O3. The molecule has 3 N–H and O–H groups in total. The standard InChI is InChI=1S/C11H19N5O3/c1-4-11(3,17)7-14-9-8(16(18)19)6-13-10(15-9)12-5-2/h6,17H,4-5,7H2,1-3H3,(H2,12,13,14,15). The first-order chi connectivity index (χ1) is 8.89. The molecule has 8 heteroatoms. The molecule has 0 aromatic carbocycles. The predicted octanol–water partition coefficient (Wildman–Crippen LogP) is 1.39. The zero-order valence-corrected chi connectivity index (χ0v) is 11.3. The Balaban J connectivity index is 2.94. The van der Waals surface area contributed by atoms with Crippen LogP contribution in [0.1, 0.15) is 27.2 Å². The maximum atomic E-state index is 10.9. The summed E-state index contributed by atoms with van der Waals surface area (Å²) >= 11 is 0. The highest BCUT2D eigenvalue weighted by Gasteiger charge is 2.22. The first-order valence-corrected chi connectivity index (χ1v) is 6.11. The van der Waals surface area contributed by atoms with Crippen LogP contribution >= 0.6 is 0 Å². The molecule has 1 heterocycles. The lowest BCUT2D eigenvalue weighted by atomic mass is 10.0. The molecule has 0 amide bonds. The van der Waals surface area contributed by atoms with Crippen molar-refractivity contribution < 1.29 is 10.0 Å². The maximum Gasteiger partial charge on any atom is 0.329 e. The Hall–Kier alpha value is -1.96. The maximum absolute atomic E-state index is 10.9. The Morgan fingerprint density at radius 2 is 2.16 bits per heavy atom. The average Bonchev–Trinajstić information content (AvgIpc) is 2.37. The molecule has 0 saturated heterocycles. The highest BCUT2D eigenvalue weighted by Crippen LogP contribution is 2.23. The molecule has 1 aromatic rings. The molecular weight excluding hydrogens is 250 g/mol. The van der Waals surface area contributed by atoms with Gasteiger partial charge in [-0.15, -0.1) is 0 Å². The number of nitrogens with one attached hydrogen (secondary N) is 2. The Kier molecular flexibility index (Phi) is 4.99. The zero-order valence-electron chi connectivity index (χ0n) is 11.3. The van der Waals surface area contributed by atoms with Crippen LogP contribution in [-0.2, 0) is 0 Å². The fourth-order valence-corrected chi connectivity index (χ4v) is 1.28. The fourth-order valence-electron chi connectivity index (χ4n) is 1.28. The summed E-state index contributed by atoms with van der Waals surface area (Å²) in [5.74, 6) is 0.413. The largest absolute Gasteiger partial charge is 0.388 e. The Morgan fingerprint density at radius 3 is 2.68 bits per heavy atom. The number of nitrogens with zero attached hydrogens (tertiary/aromatic N) is 3. The summed E-state index contributed by atoms with van der Waals surface area (Å²) < 4.78 is 0. The third-order valence-electron chi connectivity index (χ3n) is 2.70. The molecule has 0 spiro atoms. The van der Waals surface area contributed by atoms with E-state index < -0.39 is 10.5 Å². The predicted molar refractivity (Wildman–Crippen MR) is 72.3 cm³/mol. The molecule has 1 atom stereocenters. The topological polar surface area (TPSA) is 113 Å². The monoisotopic (exact) mass is 269 g/mol. The SMILES string of the molecule is CCNc1ncc([N+](=O)[O-])c(NCC(C)(O)CC)n1. The molecule has 0 aliphatic rings. The smallest absolute Gasteiger partial charge is 0.329 e. The fraction of sp³-hybridized carbons (Fsp3) is 0.636. The van der Waals surface area contributed by atoms with Crippen LogP contribution in [0, 0.1) is 10.1 Å². The first kappa shape index (κ1) is 15.1. The summed E-state index contributed by atoms with van der Waals surface area (Å²) in [5.41, 5.74) is -1.16. The first-order valence-electron chi connectivity index (χ1n) is 6.11. The lowest BCUT2D eigenvalue weighted by Crippen LogP contribution is -2.32. The van der Waals surface area contributed by atoms with Gasteiger partial charge in [-0.05, 0) is 20.3 Å². The van der Waals surface area contributed by atoms with Gasteiger partial charge < -0.3 is 15.7 Å². The number of rotatable bonds is 7. The van der Waals surface area contributed by atoms with E-state index in [2.05, 4.69) is 20.6 Å². The van der Waals surface area contributed by atoms with E-state index in [0.29, 0.717) is 18.9 Å². The van der Waals surface area contributed by atoms with E-state index in [-0.39, 0.29) is 18.1 Å². The average molecular weight is 269 g/mol. The molecule has 19 heavy (non-hydrogen) atoms. The van der Waals surface area contributed by atoms with Gasteiger partial charge in [-0.2, -0.15) is 4.98 Å². The zero-order chi connectivity index (χ0) is 14.5. The van der Waals surface area contributed by atoms with Crippen molar-refractivity contribution >= 4 is 17.5 Å². The molecule has 0 fully saturated rings. The molecule has 0 aliphatic carbocycles. The van der Waals surface area contributed by atoms with Gasteiger partial charge in [0.2, 0.25) is 11.8 Å². The summed E-state index contributed by atoms with van der Waals surface area (Å²) in [6, 6.07) is 0. The summed E-state index contributed by atoms with van der Waals surface area (Å²) in [7, 11) is 0. The van der Waals surface area contributed by atoms with Crippen LogP contribution in [0.3, 0.4) is 0 Å². The number of aliphatic hydroxyl groups is 1. The quantitative estimate of drug-likeness (QED) is 0.506. The van der Waals surface area contributed by atoms with Gasteiger partial charge in [0.15, 0.2) is 0 Å². The van der Waals surface area contributed by atoms with Crippen molar-refractivity contribution in [2.45, 2.75) is 32.8 Å². The number of hydrogen-bond acceptors (Lipinski definition) is 7. The van der Waals surface area contributed by atoms with Crippen LogP contribution in [-0.4, -0.2) is 38.7 Å². The summed E-state index contributed by atoms with van der Waals surface area (Å²) in [6.45, 7) is 6.15. The molecule has 1 unspecified atom stereocenters. The van der Waals surface area contributed by atoms with Crippen LogP contribution in [0.2, 0.25) is 0 Å². The Morgan fingerprint density at radius 1 is 1.47 bits per heavy atom. The molecule has 0 saturated carbocycles. The number of aromatic nitrogens is 2. The van der Waals surface area contributed by atoms with Gasteiger partial charge in [-0.25, -0.2) is 4.98 Å². The molecule has 8 nitrogen and oxygen atoms in total. The normalized spacial score (nSPS) is 13.7. The second kappa shape index (κ2) is 6.28. The highest BCUT2D eigenvalue weighted by molar-refractivity contribution is 5.57. The summed E-state index contributed by atoms with van der Waals surface area (Å²) in [4.78, 5) is 18.2. The van der Waals surface area contributed by atoms with E-state index in [1.54, 1.807) is 6.92 Å². The van der Waals surface area contributed by atoms with Gasteiger partial charge in [-0.1, -0.05) is 6.92 Å². The van der Waals surface area contributed by atoms with Crippen molar-refractivity contribution in [3.8, 4) is 0 Å². The van der Waals surface area contributed by atoms with Crippen molar-refractivity contribution in [3.05, 3.63) is 16.3 Å². The van der Waals surface area contributed by atoms with Crippen LogP contribution in [0.15, 0.2) is 6.20 Å². The number of hydrogen-bond donors (Lipinski definition) is 3. The summed E-state index contributed by atoms with van der Waals surface area (Å²) in [6.07, 6.45) is 1.67. The van der Waals surface area contributed by atoms with E-state index in [4.69, 9.17) is 0 Å². The molecule has 0 aliphatic heterocycles. The van der Waals surface area contributed by atoms with Crippen molar-refractivity contribution in [2.75, 3.05) is 23.7 Å². The molecule has 1 aromatic heterocycles. The lowest BCUT2D eigenvalue weighted by molar-refractivity contribution is -0.384. The Bertz CT molecular complexity index is 450. The van der Waals surface area contributed by atoms with Crippen LogP contribution in [0.25, 0.3) is 0 Å². The second-order valence-electron chi connectivity index (χ2n) is 4.42. The van der Waals surface area contributed by atoms with E-state index in [9.17, 15) is 15.2 Å². The molecule has 0 bridgehead atoms. The minimum absolute atomic E-state index is 0.102. The molecule has 1 rings (SSSR count). The van der Waals surface area contributed by atoms with Crippen LogP contribution in [0.5, 0.6) is 0 Å². The van der Waals surface area contributed by atoms with Crippen molar-refractivity contribution in [2.24, 2.45) is 0 Å². The van der Waals surface area contributed by atoms with Gasteiger partial charge >= 0.3 is 5.69 Å². The van der Waals surface area contributed by atoms with E-state index in [0.717, 1.165) is 6.20 Å². The van der Waals surface area contributed by atoms with Gasteiger partial charge in [-0.3, -0.25) is 10.1 Å². The Labute approximate surface area is 111 Å². The third kappa shape index (κ3) is 4.32. The highest BCUT2D eigenvalue weighted by atomic mass is 16.6. The van der Waals surface area contributed by atoms with Crippen LogP contribution < -0.4 is 10.6 Å². The van der Waals surface area contributed by atoms with Gasteiger partial charge in [0.1, 0.15) is 6.20 Å². The third-order valence-corrected chi connectivity index (χ3v) is 2.70. The van der Waals surface area contributed by atoms with Gasteiger partial charge in [0, 0.05) is 13.1 Å². The molecule has 0 radical (unpaired) electrons. The summed E-state index contributed by atoms with van der Waals surface area (Å²) in [5, 5.41) is 26.5. The molecule has 106 valence electrons. The van der Waals surface area contributed by atoms with Gasteiger partial charge in [0.25, 0.3) is 0 Å². The van der Waals surface area contributed by atoms with E-state index >= 15 is 0 Å². The second-order valence-corrected chi connectivity index (χ2v) is 4.42. The van der Waals surface area contributed by atoms with Crippen molar-refractivity contribution in [1.29, 1.82) is 0 Å². The van der Waals surface area contributed by atoms with E-state index in [1.165, 1.54) is 0 Å². The minimum Gasteiger partial charge on any atom is -0.388 e.